The van der Waals surface area contributed by atoms with E-state index in [4.69, 9.17) is 0 Å². The van der Waals surface area contributed by atoms with Crippen molar-refractivity contribution in [3.05, 3.63) is 48.0 Å². The second-order valence-electron chi connectivity index (χ2n) is 7.95. The Kier molecular flexibility index (Phi) is 14.8. The van der Waals surface area contributed by atoms with Crippen molar-refractivity contribution in [2.75, 3.05) is 32.7 Å². The monoisotopic (exact) mass is 544 g/mol. The molecule has 1 atom stereocenters. The lowest BCUT2D eigenvalue weighted by Gasteiger charge is -2.19. The van der Waals surface area contributed by atoms with E-state index in [-0.39, 0.29) is 31.8 Å². The number of imide groups is 1. The molecule has 1 aliphatic heterocycles. The third kappa shape index (κ3) is 12.5. The van der Waals surface area contributed by atoms with Crippen LogP contribution in [0.15, 0.2) is 42.5 Å². The van der Waals surface area contributed by atoms with Gasteiger partial charge in [0.1, 0.15) is 6.04 Å². The molecule has 1 aromatic rings. The zero-order valence-electron chi connectivity index (χ0n) is 22.4. The number of amides is 7. The molecule has 0 bridgehead atoms. The van der Waals surface area contributed by atoms with E-state index in [9.17, 15) is 33.6 Å². The summed E-state index contributed by atoms with van der Waals surface area (Å²) in [6.07, 6.45) is 2.20. The van der Waals surface area contributed by atoms with Crippen molar-refractivity contribution >= 4 is 41.4 Å². The SMILES string of the molecule is CC.CCNC(=O)CNC(=O)C(Cc1ccccc1)NC(=O)CNC(=O)CNC(=O)CCN1C(=O)C=CC1=O. The van der Waals surface area contributed by atoms with Gasteiger partial charge in [-0.15, -0.1) is 0 Å². The molecule has 5 N–H and O–H groups in total. The lowest BCUT2D eigenvalue weighted by Crippen LogP contribution is -2.52. The van der Waals surface area contributed by atoms with Gasteiger partial charge in [-0.1, -0.05) is 44.2 Å². The van der Waals surface area contributed by atoms with E-state index in [0.29, 0.717) is 6.54 Å². The second kappa shape index (κ2) is 17.8. The lowest BCUT2D eigenvalue weighted by molar-refractivity contribution is -0.137. The maximum atomic E-state index is 12.6. The van der Waals surface area contributed by atoms with Crippen LogP contribution >= 0.6 is 0 Å². The number of hydrogen-bond donors (Lipinski definition) is 5. The van der Waals surface area contributed by atoms with Crippen LogP contribution in [0, 0.1) is 0 Å². The fourth-order valence-electron chi connectivity index (χ4n) is 3.23. The molecule has 0 radical (unpaired) electrons. The number of likely N-dealkylation sites (N-methyl/N-ethyl adjacent to an activating group) is 1. The molecule has 13 nitrogen and oxygen atoms in total. The van der Waals surface area contributed by atoms with Gasteiger partial charge in [-0.25, -0.2) is 0 Å². The topological polar surface area (TPSA) is 183 Å². The standard InChI is InChI=1S/C24H30N6O7.C2H6/c1-2-25-19(32)14-28-24(37)17(12-16-6-4-3-5-7-16)29-21(34)15-27-20(33)13-26-18(31)10-11-30-22(35)8-9-23(30)36;1-2/h3-9,17H,2,10-15H2,1H3,(H,25,32)(H,26,31)(H,27,33)(H,28,37)(H,29,34);1-2H3. The number of nitrogens with zero attached hydrogens (tertiary/aromatic N) is 1. The van der Waals surface area contributed by atoms with Crippen molar-refractivity contribution in [1.29, 1.82) is 0 Å². The highest BCUT2D eigenvalue weighted by molar-refractivity contribution is 6.13. The van der Waals surface area contributed by atoms with Crippen LogP contribution in [-0.4, -0.2) is 85.0 Å². The number of rotatable bonds is 14. The first-order valence-electron chi connectivity index (χ1n) is 12.6. The number of carbonyl (C=O) groups excluding carboxylic acids is 7. The smallest absolute Gasteiger partial charge is 0.253 e. The molecule has 1 aliphatic rings. The molecular weight excluding hydrogens is 508 g/mol. The highest BCUT2D eigenvalue weighted by Gasteiger charge is 2.24. The molecule has 0 aromatic heterocycles. The molecule has 0 saturated carbocycles. The first-order chi connectivity index (χ1) is 18.7. The first kappa shape index (κ1) is 32.5. The van der Waals surface area contributed by atoms with E-state index < -0.39 is 54.6 Å². The fraction of sp³-hybridized carbons (Fsp3) is 0.423. The number of nitrogens with one attached hydrogen (secondary N) is 5. The second-order valence-corrected chi connectivity index (χ2v) is 7.95. The van der Waals surface area contributed by atoms with Gasteiger partial charge in [0.05, 0.1) is 19.6 Å². The molecular formula is C26H36N6O7. The van der Waals surface area contributed by atoms with Crippen molar-refractivity contribution in [3.8, 4) is 0 Å². The van der Waals surface area contributed by atoms with E-state index in [1.807, 2.05) is 19.9 Å². The molecule has 13 heteroatoms. The summed E-state index contributed by atoms with van der Waals surface area (Å²) in [4.78, 5) is 84.4. The maximum Gasteiger partial charge on any atom is 0.253 e. The minimum absolute atomic E-state index is 0.120. The van der Waals surface area contributed by atoms with Gasteiger partial charge in [0.25, 0.3) is 11.8 Å². The van der Waals surface area contributed by atoms with Gasteiger partial charge in [0, 0.05) is 38.1 Å². The molecule has 39 heavy (non-hydrogen) atoms. The van der Waals surface area contributed by atoms with Crippen molar-refractivity contribution in [1.82, 2.24) is 31.5 Å². The summed E-state index contributed by atoms with van der Waals surface area (Å²) in [5, 5.41) is 12.2. The molecule has 0 spiro atoms. The van der Waals surface area contributed by atoms with Crippen LogP contribution < -0.4 is 26.6 Å². The van der Waals surface area contributed by atoms with Gasteiger partial charge < -0.3 is 26.6 Å². The van der Waals surface area contributed by atoms with Crippen LogP contribution in [0.5, 0.6) is 0 Å². The van der Waals surface area contributed by atoms with Gasteiger partial charge in [0.15, 0.2) is 0 Å². The Hall–Kier alpha value is -4.55. The van der Waals surface area contributed by atoms with Gasteiger partial charge >= 0.3 is 0 Å². The highest BCUT2D eigenvalue weighted by atomic mass is 16.2. The van der Waals surface area contributed by atoms with E-state index in [0.717, 1.165) is 22.6 Å². The lowest BCUT2D eigenvalue weighted by atomic mass is 10.1. The molecule has 0 aliphatic carbocycles. The fourth-order valence-corrected chi connectivity index (χ4v) is 3.23. The first-order valence-corrected chi connectivity index (χ1v) is 12.6. The molecule has 1 aromatic carbocycles. The zero-order valence-corrected chi connectivity index (χ0v) is 22.4. The minimum Gasteiger partial charge on any atom is -0.355 e. The van der Waals surface area contributed by atoms with Crippen LogP contribution in [0.3, 0.4) is 0 Å². The van der Waals surface area contributed by atoms with Gasteiger partial charge in [-0.3, -0.25) is 38.5 Å². The summed E-state index contributed by atoms with van der Waals surface area (Å²) < 4.78 is 0. The molecule has 1 heterocycles. The Morgan fingerprint density at radius 2 is 1.28 bits per heavy atom. The van der Waals surface area contributed by atoms with Crippen molar-refractivity contribution in [2.24, 2.45) is 0 Å². The molecule has 7 amide bonds. The van der Waals surface area contributed by atoms with Crippen LogP contribution in [0.4, 0.5) is 0 Å². The summed E-state index contributed by atoms with van der Waals surface area (Å²) >= 11 is 0. The van der Waals surface area contributed by atoms with Crippen LogP contribution in [0.2, 0.25) is 0 Å². The molecule has 212 valence electrons. The average Bonchev–Trinajstić information content (AvgIpc) is 3.26. The predicted octanol–water partition coefficient (Wildman–Crippen LogP) is -1.46. The van der Waals surface area contributed by atoms with Crippen LogP contribution in [-0.2, 0) is 40.0 Å². The molecule has 2 rings (SSSR count). The third-order valence-corrected chi connectivity index (χ3v) is 5.09. The van der Waals surface area contributed by atoms with Gasteiger partial charge in [-0.05, 0) is 12.5 Å². The number of carbonyl (C=O) groups is 7. The molecule has 1 unspecified atom stereocenters. The maximum absolute atomic E-state index is 12.6. The Labute approximate surface area is 227 Å². The molecule has 0 saturated heterocycles. The summed E-state index contributed by atoms with van der Waals surface area (Å²) in [5.41, 5.74) is 0.779. The Bertz CT molecular complexity index is 1040. The largest absolute Gasteiger partial charge is 0.355 e. The Morgan fingerprint density at radius 3 is 1.90 bits per heavy atom. The average molecular weight is 545 g/mol. The zero-order chi connectivity index (χ0) is 29.2. The van der Waals surface area contributed by atoms with Crippen molar-refractivity contribution < 1.29 is 33.6 Å². The van der Waals surface area contributed by atoms with Crippen LogP contribution in [0.1, 0.15) is 32.8 Å². The summed E-state index contributed by atoms with van der Waals surface area (Å²) in [6.45, 7) is 4.91. The van der Waals surface area contributed by atoms with Gasteiger partial charge in [0.2, 0.25) is 29.5 Å². The van der Waals surface area contributed by atoms with Crippen molar-refractivity contribution in [2.45, 2.75) is 39.7 Å². The Morgan fingerprint density at radius 1 is 0.744 bits per heavy atom. The van der Waals surface area contributed by atoms with E-state index in [1.165, 1.54) is 0 Å². The number of hydrogen-bond acceptors (Lipinski definition) is 7. The van der Waals surface area contributed by atoms with E-state index >= 15 is 0 Å². The molecule has 0 fully saturated rings. The highest BCUT2D eigenvalue weighted by Crippen LogP contribution is 2.04. The quantitative estimate of drug-likeness (QED) is 0.177. The van der Waals surface area contributed by atoms with E-state index in [1.54, 1.807) is 31.2 Å². The Balaban J connectivity index is 0.00000371. The summed E-state index contributed by atoms with van der Waals surface area (Å²) in [7, 11) is 0. The third-order valence-electron chi connectivity index (χ3n) is 5.09. The normalized spacial score (nSPS) is 12.5. The summed E-state index contributed by atoms with van der Waals surface area (Å²) in [6, 6.07) is 7.95. The van der Waals surface area contributed by atoms with Crippen molar-refractivity contribution in [3.63, 3.8) is 0 Å². The van der Waals surface area contributed by atoms with Crippen LogP contribution in [0.25, 0.3) is 0 Å². The summed E-state index contributed by atoms with van der Waals surface area (Å²) in [5.74, 6) is -3.81. The van der Waals surface area contributed by atoms with Gasteiger partial charge in [-0.2, -0.15) is 0 Å². The minimum atomic E-state index is -0.994. The van der Waals surface area contributed by atoms with E-state index in [2.05, 4.69) is 26.6 Å². The number of benzene rings is 1. The predicted molar refractivity (Wildman–Crippen MR) is 142 cm³/mol.